The number of aromatic nitrogens is 2. The molecule has 3 nitrogen and oxygen atoms in total. The van der Waals surface area contributed by atoms with Gasteiger partial charge in [0.25, 0.3) is 0 Å². The van der Waals surface area contributed by atoms with Gasteiger partial charge in [-0.3, -0.25) is 0 Å². The molecule has 0 aliphatic rings. The minimum atomic E-state index is 0.469. The Kier molecular flexibility index (Phi) is 3.60. The number of hydrogen-bond donors (Lipinski definition) is 0. The number of halogens is 2. The second-order valence-corrected chi connectivity index (χ2v) is 6.17. The normalized spacial score (nSPS) is 10.6. The smallest absolute Gasteiger partial charge is 0.187 e. The Balaban J connectivity index is 2.10. The molecule has 2 rings (SSSR count). The summed E-state index contributed by atoms with van der Waals surface area (Å²) in [5.74, 6) is 0.740. The van der Waals surface area contributed by atoms with Crippen LogP contribution in [0.5, 0.6) is 0 Å². The zero-order valence-corrected chi connectivity index (χ0v) is 11.8. The van der Waals surface area contributed by atoms with E-state index in [0.29, 0.717) is 5.15 Å². The summed E-state index contributed by atoms with van der Waals surface area (Å²) in [6, 6.07) is 2.09. The summed E-state index contributed by atoms with van der Waals surface area (Å²) in [7, 11) is 1.95. The Morgan fingerprint density at radius 2 is 2.33 bits per heavy atom. The van der Waals surface area contributed by atoms with E-state index in [1.807, 2.05) is 11.9 Å². The second kappa shape index (κ2) is 4.78. The first-order chi connectivity index (χ1) is 7.16. The molecule has 0 saturated carbocycles. The number of nitrogens with zero attached hydrogens (tertiary/aromatic N) is 3. The monoisotopic (exact) mass is 323 g/mol. The molecular weight excluding hydrogens is 318 g/mol. The van der Waals surface area contributed by atoms with Crippen molar-refractivity contribution < 1.29 is 0 Å². The van der Waals surface area contributed by atoms with Crippen LogP contribution in [-0.4, -0.2) is 15.8 Å². The minimum absolute atomic E-state index is 0.469. The van der Waals surface area contributed by atoms with E-state index in [1.54, 1.807) is 11.3 Å². The molecule has 0 fully saturated rings. The molecule has 15 heavy (non-hydrogen) atoms. The average molecular weight is 325 g/mol. The highest BCUT2D eigenvalue weighted by Gasteiger charge is 2.11. The molecule has 0 aliphatic carbocycles. The summed E-state index contributed by atoms with van der Waals surface area (Å²) < 4.78 is 9.20. The summed E-state index contributed by atoms with van der Waals surface area (Å²) >= 11 is 12.1. The minimum Gasteiger partial charge on any atom is -0.352 e. The van der Waals surface area contributed by atoms with Crippen LogP contribution in [0.4, 0.5) is 5.82 Å². The van der Waals surface area contributed by atoms with Crippen LogP contribution in [0.1, 0.15) is 5.56 Å². The lowest BCUT2D eigenvalue weighted by atomic mass is 10.3. The standard InChI is InChI=1S/C8H7BrClN3S2/c1-13(8-7(10)11-15-12-8)3-5-2-6(9)14-4-5/h2,4H,3H2,1H3. The van der Waals surface area contributed by atoms with Crippen molar-refractivity contribution in [2.45, 2.75) is 6.54 Å². The molecular formula is C8H7BrClN3S2. The first-order valence-electron chi connectivity index (χ1n) is 4.09. The van der Waals surface area contributed by atoms with Gasteiger partial charge in [-0.05, 0) is 32.9 Å². The number of anilines is 1. The summed E-state index contributed by atoms with van der Waals surface area (Å²) in [5, 5.41) is 2.57. The van der Waals surface area contributed by atoms with Gasteiger partial charge in [0.1, 0.15) is 0 Å². The predicted molar refractivity (Wildman–Crippen MR) is 69.0 cm³/mol. The number of thiophene rings is 1. The zero-order chi connectivity index (χ0) is 10.8. The summed E-state index contributed by atoms with van der Waals surface area (Å²) in [6.07, 6.45) is 0. The Morgan fingerprint density at radius 1 is 1.53 bits per heavy atom. The molecule has 0 N–H and O–H groups in total. The molecule has 2 heterocycles. The predicted octanol–water partition coefficient (Wildman–Crippen LogP) is 3.65. The molecule has 2 aromatic rings. The van der Waals surface area contributed by atoms with Crippen molar-refractivity contribution in [3.8, 4) is 0 Å². The summed E-state index contributed by atoms with van der Waals surface area (Å²) in [4.78, 5) is 1.99. The maximum atomic E-state index is 5.89. The van der Waals surface area contributed by atoms with Crippen LogP contribution in [0.2, 0.25) is 5.15 Å². The quantitative estimate of drug-likeness (QED) is 0.863. The Bertz CT molecular complexity index is 456. The molecule has 7 heteroatoms. The fourth-order valence-electron chi connectivity index (χ4n) is 1.18. The third-order valence-electron chi connectivity index (χ3n) is 1.84. The average Bonchev–Trinajstić information content (AvgIpc) is 2.75. The summed E-state index contributed by atoms with van der Waals surface area (Å²) in [5.41, 5.74) is 1.23. The molecule has 0 bridgehead atoms. The third-order valence-corrected chi connectivity index (χ3v) is 4.26. The third kappa shape index (κ3) is 2.69. The Labute approximate surface area is 109 Å². The van der Waals surface area contributed by atoms with Crippen molar-refractivity contribution in [3.05, 3.63) is 25.9 Å². The highest BCUT2D eigenvalue weighted by atomic mass is 79.9. The van der Waals surface area contributed by atoms with E-state index in [0.717, 1.165) is 27.9 Å². The molecule has 0 aromatic carbocycles. The van der Waals surface area contributed by atoms with E-state index in [2.05, 4.69) is 36.1 Å². The Hall–Kier alpha value is -0.170. The fraction of sp³-hybridized carbons (Fsp3) is 0.250. The van der Waals surface area contributed by atoms with Crippen molar-refractivity contribution in [2.75, 3.05) is 11.9 Å². The van der Waals surface area contributed by atoms with E-state index in [9.17, 15) is 0 Å². The molecule has 0 atom stereocenters. The molecule has 0 amide bonds. The van der Waals surface area contributed by atoms with Gasteiger partial charge in [-0.15, -0.1) is 11.3 Å². The topological polar surface area (TPSA) is 29.0 Å². The zero-order valence-electron chi connectivity index (χ0n) is 7.78. The summed E-state index contributed by atoms with van der Waals surface area (Å²) in [6.45, 7) is 0.785. The van der Waals surface area contributed by atoms with Crippen LogP contribution < -0.4 is 4.90 Å². The van der Waals surface area contributed by atoms with Crippen molar-refractivity contribution in [1.29, 1.82) is 0 Å². The van der Waals surface area contributed by atoms with Gasteiger partial charge < -0.3 is 4.90 Å². The van der Waals surface area contributed by atoms with Crippen LogP contribution in [-0.2, 0) is 6.54 Å². The molecule has 0 unspecified atom stereocenters. The van der Waals surface area contributed by atoms with E-state index in [-0.39, 0.29) is 0 Å². The molecule has 80 valence electrons. The second-order valence-electron chi connectivity index (χ2n) is 2.99. The SMILES string of the molecule is CN(Cc1csc(Br)c1)c1nsnc1Cl. The lowest BCUT2D eigenvalue weighted by Crippen LogP contribution is -2.16. The van der Waals surface area contributed by atoms with Crippen molar-refractivity contribution in [2.24, 2.45) is 0 Å². The van der Waals surface area contributed by atoms with Gasteiger partial charge in [0.05, 0.1) is 15.5 Å². The van der Waals surface area contributed by atoms with Gasteiger partial charge in [-0.2, -0.15) is 8.75 Å². The first-order valence-corrected chi connectivity index (χ1v) is 6.87. The van der Waals surface area contributed by atoms with Crippen LogP contribution in [0.3, 0.4) is 0 Å². The van der Waals surface area contributed by atoms with Crippen molar-refractivity contribution >= 4 is 56.4 Å². The van der Waals surface area contributed by atoms with Crippen molar-refractivity contribution in [1.82, 2.24) is 8.75 Å². The molecule has 0 radical (unpaired) electrons. The fourth-order valence-corrected chi connectivity index (χ4v) is 3.20. The van der Waals surface area contributed by atoms with Crippen molar-refractivity contribution in [3.63, 3.8) is 0 Å². The molecule has 0 spiro atoms. The van der Waals surface area contributed by atoms with Gasteiger partial charge in [0.2, 0.25) is 0 Å². The van der Waals surface area contributed by atoms with Crippen LogP contribution in [0.15, 0.2) is 15.2 Å². The van der Waals surface area contributed by atoms with E-state index < -0.39 is 0 Å². The lowest BCUT2D eigenvalue weighted by molar-refractivity contribution is 0.912. The Morgan fingerprint density at radius 3 is 2.87 bits per heavy atom. The van der Waals surface area contributed by atoms with Gasteiger partial charge in [-0.25, -0.2) is 0 Å². The van der Waals surface area contributed by atoms with Gasteiger partial charge in [0.15, 0.2) is 11.0 Å². The maximum absolute atomic E-state index is 5.89. The molecule has 0 aliphatic heterocycles. The van der Waals surface area contributed by atoms with Gasteiger partial charge >= 0.3 is 0 Å². The highest BCUT2D eigenvalue weighted by Crippen LogP contribution is 2.26. The number of hydrogen-bond acceptors (Lipinski definition) is 5. The molecule has 2 aromatic heterocycles. The largest absolute Gasteiger partial charge is 0.352 e. The first kappa shape index (κ1) is 11.3. The van der Waals surface area contributed by atoms with Crippen LogP contribution >= 0.6 is 50.6 Å². The lowest BCUT2D eigenvalue weighted by Gasteiger charge is -2.14. The van der Waals surface area contributed by atoms with Crippen LogP contribution in [0, 0.1) is 0 Å². The highest BCUT2D eigenvalue weighted by molar-refractivity contribution is 9.11. The van der Waals surface area contributed by atoms with E-state index in [4.69, 9.17) is 11.6 Å². The van der Waals surface area contributed by atoms with E-state index >= 15 is 0 Å². The van der Waals surface area contributed by atoms with Gasteiger partial charge in [0, 0.05) is 13.6 Å². The van der Waals surface area contributed by atoms with E-state index in [1.165, 1.54) is 5.56 Å². The molecule has 0 saturated heterocycles. The van der Waals surface area contributed by atoms with Gasteiger partial charge in [-0.1, -0.05) is 11.6 Å². The maximum Gasteiger partial charge on any atom is 0.187 e. The number of rotatable bonds is 3. The van der Waals surface area contributed by atoms with Crippen LogP contribution in [0.25, 0.3) is 0 Å².